The maximum atomic E-state index is 13.0. The summed E-state index contributed by atoms with van der Waals surface area (Å²) in [6.45, 7) is 7.10. The summed E-state index contributed by atoms with van der Waals surface area (Å²) < 4.78 is 67.8. The third-order valence-corrected chi connectivity index (χ3v) is 17.2. The van der Waals surface area contributed by atoms with Crippen molar-refractivity contribution >= 4 is 39.5 Å². The lowest BCUT2D eigenvalue weighted by molar-refractivity contribution is -0.161. The lowest BCUT2D eigenvalue weighted by atomic mass is 10.0. The van der Waals surface area contributed by atoms with Crippen LogP contribution in [-0.4, -0.2) is 96.7 Å². The Morgan fingerprint density at radius 1 is 0.318 bits per heavy atom. The number of aliphatic hydroxyl groups excluding tert-OH is 1. The molecule has 0 aliphatic carbocycles. The van der Waals surface area contributed by atoms with E-state index in [9.17, 15) is 43.2 Å². The summed E-state index contributed by atoms with van der Waals surface area (Å²) in [6, 6.07) is 0. The van der Waals surface area contributed by atoms with Crippen molar-refractivity contribution < 1.29 is 80.2 Å². The lowest BCUT2D eigenvalue weighted by Crippen LogP contribution is -2.30. The maximum Gasteiger partial charge on any atom is 0.472 e. The monoisotopic (exact) mass is 1250 g/mol. The van der Waals surface area contributed by atoms with Crippen molar-refractivity contribution in [2.24, 2.45) is 5.92 Å². The second-order valence-electron chi connectivity index (χ2n) is 24.3. The molecule has 0 amide bonds. The number of hydrogen-bond donors (Lipinski definition) is 3. The van der Waals surface area contributed by atoms with Crippen molar-refractivity contribution in [3.05, 3.63) is 0 Å². The summed E-state index contributed by atoms with van der Waals surface area (Å²) in [6.07, 6.45) is 44.9. The van der Waals surface area contributed by atoms with Gasteiger partial charge in [-0.1, -0.05) is 285 Å². The molecule has 2 unspecified atom stereocenters. The van der Waals surface area contributed by atoms with Crippen LogP contribution in [0.5, 0.6) is 0 Å². The fraction of sp³-hybridized carbons (Fsp3) is 0.939. The molecule has 0 aromatic carbocycles. The Hall–Kier alpha value is -1.94. The number of ether oxygens (including phenoxy) is 4. The third kappa shape index (κ3) is 60.7. The molecule has 0 aliphatic rings. The lowest BCUT2D eigenvalue weighted by Gasteiger charge is -2.21. The second-order valence-corrected chi connectivity index (χ2v) is 27.2. The van der Waals surface area contributed by atoms with Crippen LogP contribution in [0.3, 0.4) is 0 Å². The largest absolute Gasteiger partial charge is 0.472 e. The highest BCUT2D eigenvalue weighted by molar-refractivity contribution is 7.47. The summed E-state index contributed by atoms with van der Waals surface area (Å²) in [7, 11) is -9.88. The average Bonchev–Trinajstić information content (AvgIpc) is 3.58. The minimum atomic E-state index is -4.95. The summed E-state index contributed by atoms with van der Waals surface area (Å²) in [5.41, 5.74) is 0. The highest BCUT2D eigenvalue weighted by atomic mass is 31.2. The molecule has 0 fully saturated rings. The molecule has 19 heteroatoms. The quantitative estimate of drug-likeness (QED) is 0.0222. The third-order valence-electron chi connectivity index (χ3n) is 15.3. The number of phosphoric ester groups is 2. The van der Waals surface area contributed by atoms with E-state index in [2.05, 4.69) is 34.6 Å². The first-order valence-corrected chi connectivity index (χ1v) is 37.6. The first-order valence-electron chi connectivity index (χ1n) is 34.6. The molecular formula is C66H128O17P2. The van der Waals surface area contributed by atoms with E-state index in [0.29, 0.717) is 25.7 Å². The molecule has 85 heavy (non-hydrogen) atoms. The molecule has 504 valence electrons. The van der Waals surface area contributed by atoms with Crippen molar-refractivity contribution in [2.75, 3.05) is 39.6 Å². The van der Waals surface area contributed by atoms with Crippen LogP contribution in [0.25, 0.3) is 0 Å². The van der Waals surface area contributed by atoms with Crippen molar-refractivity contribution in [1.82, 2.24) is 0 Å². The van der Waals surface area contributed by atoms with Gasteiger partial charge in [-0.2, -0.15) is 0 Å². The molecule has 5 atom stereocenters. The molecule has 0 bridgehead atoms. The molecule has 0 rings (SSSR count). The molecule has 17 nitrogen and oxygen atoms in total. The number of hydrogen-bond acceptors (Lipinski definition) is 15. The van der Waals surface area contributed by atoms with E-state index in [4.69, 9.17) is 37.0 Å². The molecule has 0 spiro atoms. The van der Waals surface area contributed by atoms with Gasteiger partial charge in [0.2, 0.25) is 0 Å². The Morgan fingerprint density at radius 3 is 0.800 bits per heavy atom. The zero-order valence-electron chi connectivity index (χ0n) is 54.7. The Morgan fingerprint density at radius 2 is 0.541 bits per heavy atom. The molecule has 0 aromatic rings. The standard InChI is InChI=1S/C66H128O17P2/c1-6-9-12-15-17-19-20-21-22-23-24-25-26-29-33-37-42-47-52-66(71)83-62(56-77-64(69)50-45-40-36-32-30-27-28-31-34-39-43-48-59(4)5)58-81-85(74,75)79-54-60(67)53-78-84(72,73)80-57-61(55-76-63(68)49-44-38-14-11-8-3)82-65(70)51-46-41-35-18-16-13-10-7-2/h59-62,67H,6-58H2,1-5H3,(H,72,73)(H,74,75)/t60-,61+,62+/m0/s1. The van der Waals surface area contributed by atoms with Crippen molar-refractivity contribution in [3.8, 4) is 0 Å². The summed E-state index contributed by atoms with van der Waals surface area (Å²) in [5.74, 6) is -1.37. The number of carbonyl (C=O) groups excluding carboxylic acids is 4. The first kappa shape index (κ1) is 83.1. The number of aliphatic hydroxyl groups is 1. The van der Waals surface area contributed by atoms with E-state index in [1.807, 2.05) is 0 Å². The van der Waals surface area contributed by atoms with Crippen LogP contribution in [0.2, 0.25) is 0 Å². The average molecular weight is 1260 g/mol. The van der Waals surface area contributed by atoms with Crippen molar-refractivity contribution in [3.63, 3.8) is 0 Å². The highest BCUT2D eigenvalue weighted by Crippen LogP contribution is 2.45. The Balaban J connectivity index is 5.13. The smallest absolute Gasteiger partial charge is 0.462 e. The van der Waals surface area contributed by atoms with E-state index in [1.165, 1.54) is 148 Å². The Kier molecular flexibility index (Phi) is 58.3. The van der Waals surface area contributed by atoms with E-state index in [-0.39, 0.29) is 25.7 Å². The molecular weight excluding hydrogens is 1130 g/mol. The topological polar surface area (TPSA) is 237 Å². The summed E-state index contributed by atoms with van der Waals surface area (Å²) in [4.78, 5) is 72.0. The SMILES string of the molecule is CCCCCCCCCCCCCCCCCCCCC(=O)O[C@H](COC(=O)CCCCCCCCCCCCCC(C)C)COP(=O)(O)OC[C@@H](O)COP(=O)(O)OC[C@@H](COC(=O)CCCCCCC)OC(=O)CCCCCCCCCC. The normalized spacial score (nSPS) is 14.2. The van der Waals surface area contributed by atoms with Crippen molar-refractivity contribution in [1.29, 1.82) is 0 Å². The fourth-order valence-corrected chi connectivity index (χ4v) is 11.5. The molecule has 0 aromatic heterocycles. The van der Waals surface area contributed by atoms with Gasteiger partial charge in [0.25, 0.3) is 0 Å². The van der Waals surface area contributed by atoms with Gasteiger partial charge in [0.1, 0.15) is 19.3 Å². The van der Waals surface area contributed by atoms with Gasteiger partial charge in [0, 0.05) is 25.7 Å². The zero-order valence-corrected chi connectivity index (χ0v) is 56.5. The molecule has 0 aliphatic heterocycles. The minimum absolute atomic E-state index is 0.104. The number of phosphoric acid groups is 2. The van der Waals surface area contributed by atoms with E-state index < -0.39 is 97.5 Å². The number of unbranched alkanes of at least 4 members (excludes halogenated alkanes) is 38. The first-order chi connectivity index (χ1) is 41.0. The van der Waals surface area contributed by atoms with Gasteiger partial charge < -0.3 is 33.8 Å². The van der Waals surface area contributed by atoms with Gasteiger partial charge >= 0.3 is 39.5 Å². The van der Waals surface area contributed by atoms with Crippen LogP contribution in [0.4, 0.5) is 0 Å². The van der Waals surface area contributed by atoms with E-state index in [0.717, 1.165) is 109 Å². The summed E-state index contributed by atoms with van der Waals surface area (Å²) in [5, 5.41) is 10.5. The molecule has 0 heterocycles. The van der Waals surface area contributed by atoms with Gasteiger partial charge in [-0.05, 0) is 31.6 Å². The minimum Gasteiger partial charge on any atom is -0.462 e. The van der Waals surface area contributed by atoms with Crippen LogP contribution in [0.15, 0.2) is 0 Å². The fourth-order valence-electron chi connectivity index (χ4n) is 9.94. The predicted octanol–water partition coefficient (Wildman–Crippen LogP) is 18.6. The predicted molar refractivity (Wildman–Crippen MR) is 340 cm³/mol. The van der Waals surface area contributed by atoms with Gasteiger partial charge in [0.05, 0.1) is 26.4 Å². The highest BCUT2D eigenvalue weighted by Gasteiger charge is 2.30. The van der Waals surface area contributed by atoms with Crippen LogP contribution in [-0.2, 0) is 65.4 Å². The van der Waals surface area contributed by atoms with Crippen LogP contribution in [0.1, 0.15) is 336 Å². The maximum absolute atomic E-state index is 13.0. The molecule has 0 saturated carbocycles. The van der Waals surface area contributed by atoms with Gasteiger partial charge in [-0.15, -0.1) is 0 Å². The van der Waals surface area contributed by atoms with Crippen LogP contribution >= 0.6 is 15.6 Å². The van der Waals surface area contributed by atoms with Crippen molar-refractivity contribution in [2.45, 2.75) is 355 Å². The second kappa shape index (κ2) is 59.7. The van der Waals surface area contributed by atoms with Gasteiger partial charge in [-0.25, -0.2) is 9.13 Å². The van der Waals surface area contributed by atoms with Gasteiger partial charge in [-0.3, -0.25) is 37.3 Å². The molecule has 0 radical (unpaired) electrons. The summed E-state index contributed by atoms with van der Waals surface area (Å²) >= 11 is 0. The van der Waals surface area contributed by atoms with Gasteiger partial charge in [0.15, 0.2) is 12.2 Å². The number of rotatable bonds is 66. The van der Waals surface area contributed by atoms with Crippen LogP contribution < -0.4 is 0 Å². The van der Waals surface area contributed by atoms with E-state index in [1.54, 1.807) is 0 Å². The molecule has 3 N–H and O–H groups in total. The zero-order chi connectivity index (χ0) is 62.8. The number of carbonyl (C=O) groups is 4. The Labute approximate surface area is 517 Å². The van der Waals surface area contributed by atoms with Crippen LogP contribution in [0, 0.1) is 5.92 Å². The Bertz CT molecular complexity index is 1650. The van der Waals surface area contributed by atoms with E-state index >= 15 is 0 Å². The number of esters is 4. The molecule has 0 saturated heterocycles.